The first-order chi connectivity index (χ1) is 15.7. The number of hydrogen-bond acceptors (Lipinski definition) is 6. The maximum Gasteiger partial charge on any atom is 0.408 e. The third-order valence-electron chi connectivity index (χ3n) is 5.24. The van der Waals surface area contributed by atoms with Crippen LogP contribution in [0.15, 0.2) is 0 Å². The Kier molecular flexibility index (Phi) is 11.3. The third-order valence-corrected chi connectivity index (χ3v) is 5.50. The van der Waals surface area contributed by atoms with Gasteiger partial charge in [-0.15, -0.1) is 11.6 Å². The molecule has 10 nitrogen and oxygen atoms in total. The summed E-state index contributed by atoms with van der Waals surface area (Å²) in [6.07, 6.45) is 0.766. The molecular formula is C23H39ClN4O6. The number of Topliss-reactive ketones (excluding diaryl/α,β-unsaturated/α-hetero) is 1. The van der Waals surface area contributed by atoms with Gasteiger partial charge in [0.2, 0.25) is 17.7 Å². The fourth-order valence-electron chi connectivity index (χ4n) is 3.61. The second-order valence-electron chi connectivity index (χ2n) is 10.1. The Balaban J connectivity index is 2.73. The van der Waals surface area contributed by atoms with E-state index in [0.29, 0.717) is 25.8 Å². The van der Waals surface area contributed by atoms with Crippen molar-refractivity contribution >= 4 is 41.2 Å². The molecule has 1 saturated heterocycles. The minimum Gasteiger partial charge on any atom is -0.444 e. The SMILES string of the molecule is CC(C)CC(NC(=O)[C@H](C)NC(=O)C1CCCN1C(=O)[C@@H](C)NC(=O)OC(C)(C)C)C(=O)CCl. The molecule has 0 bridgehead atoms. The van der Waals surface area contributed by atoms with Gasteiger partial charge in [0, 0.05) is 6.54 Å². The van der Waals surface area contributed by atoms with Crippen molar-refractivity contribution in [2.45, 2.75) is 97.5 Å². The molecule has 194 valence electrons. The highest BCUT2D eigenvalue weighted by atomic mass is 35.5. The average molecular weight is 503 g/mol. The number of alkyl carbamates (subject to hydrolysis) is 1. The summed E-state index contributed by atoms with van der Waals surface area (Å²) in [5.41, 5.74) is -0.706. The van der Waals surface area contributed by atoms with Gasteiger partial charge in [0.1, 0.15) is 23.7 Å². The lowest BCUT2D eigenvalue weighted by Crippen LogP contribution is -2.56. The minimum absolute atomic E-state index is 0.164. The van der Waals surface area contributed by atoms with Gasteiger partial charge in [-0.3, -0.25) is 19.2 Å². The minimum atomic E-state index is -0.917. The van der Waals surface area contributed by atoms with Crippen molar-refractivity contribution in [3.05, 3.63) is 0 Å². The van der Waals surface area contributed by atoms with Gasteiger partial charge in [-0.25, -0.2) is 4.79 Å². The molecule has 0 aliphatic carbocycles. The maximum absolute atomic E-state index is 12.9. The molecule has 3 N–H and O–H groups in total. The van der Waals surface area contributed by atoms with Crippen LogP contribution in [0.2, 0.25) is 0 Å². The number of nitrogens with one attached hydrogen (secondary N) is 3. The predicted octanol–water partition coefficient (Wildman–Crippen LogP) is 1.73. The molecule has 1 aliphatic heterocycles. The number of carbonyl (C=O) groups is 5. The Morgan fingerprint density at radius 3 is 2.15 bits per heavy atom. The first-order valence-corrected chi connectivity index (χ1v) is 12.2. The van der Waals surface area contributed by atoms with Gasteiger partial charge in [0.25, 0.3) is 0 Å². The van der Waals surface area contributed by atoms with E-state index in [9.17, 15) is 24.0 Å². The van der Waals surface area contributed by atoms with Crippen LogP contribution in [0.3, 0.4) is 0 Å². The highest BCUT2D eigenvalue weighted by Gasteiger charge is 2.37. The number of hydrogen-bond donors (Lipinski definition) is 3. The lowest BCUT2D eigenvalue weighted by atomic mass is 10.0. The van der Waals surface area contributed by atoms with E-state index in [1.165, 1.54) is 18.7 Å². The molecule has 0 spiro atoms. The van der Waals surface area contributed by atoms with Crippen LogP contribution in [0.4, 0.5) is 4.79 Å². The van der Waals surface area contributed by atoms with E-state index in [0.717, 1.165) is 0 Å². The summed E-state index contributed by atoms with van der Waals surface area (Å²) >= 11 is 5.66. The number of amides is 4. The third kappa shape index (κ3) is 9.48. The van der Waals surface area contributed by atoms with Crippen LogP contribution in [0.5, 0.6) is 0 Å². The molecule has 1 heterocycles. The maximum atomic E-state index is 12.9. The van der Waals surface area contributed by atoms with E-state index in [2.05, 4.69) is 16.0 Å². The molecule has 1 rings (SSSR count). The topological polar surface area (TPSA) is 134 Å². The number of halogens is 1. The van der Waals surface area contributed by atoms with Crippen LogP contribution in [-0.2, 0) is 23.9 Å². The lowest BCUT2D eigenvalue weighted by molar-refractivity contribution is -0.140. The Labute approximate surface area is 206 Å². The number of rotatable bonds is 10. The van der Waals surface area contributed by atoms with E-state index in [1.54, 1.807) is 20.8 Å². The number of carbonyl (C=O) groups excluding carboxylic acids is 5. The zero-order chi connectivity index (χ0) is 26.2. The molecule has 2 unspecified atom stereocenters. The second-order valence-corrected chi connectivity index (χ2v) is 10.3. The van der Waals surface area contributed by atoms with Crippen molar-refractivity contribution in [3.63, 3.8) is 0 Å². The largest absolute Gasteiger partial charge is 0.444 e. The number of ether oxygens (including phenoxy) is 1. The smallest absolute Gasteiger partial charge is 0.408 e. The molecule has 0 aromatic rings. The number of likely N-dealkylation sites (tertiary alicyclic amines) is 1. The molecule has 0 saturated carbocycles. The highest BCUT2D eigenvalue weighted by molar-refractivity contribution is 6.28. The van der Waals surface area contributed by atoms with Gasteiger partial charge >= 0.3 is 6.09 Å². The Bertz CT molecular complexity index is 767. The molecular weight excluding hydrogens is 464 g/mol. The zero-order valence-electron chi connectivity index (χ0n) is 21.2. The van der Waals surface area contributed by atoms with Gasteiger partial charge in [-0.2, -0.15) is 0 Å². The molecule has 11 heteroatoms. The summed E-state index contributed by atoms with van der Waals surface area (Å²) in [4.78, 5) is 63.8. The summed E-state index contributed by atoms with van der Waals surface area (Å²) in [7, 11) is 0. The normalized spacial score (nSPS) is 18.6. The fraction of sp³-hybridized carbons (Fsp3) is 0.783. The molecule has 1 fully saturated rings. The van der Waals surface area contributed by atoms with Crippen LogP contribution in [0, 0.1) is 5.92 Å². The summed E-state index contributed by atoms with van der Waals surface area (Å²) < 4.78 is 5.18. The van der Waals surface area contributed by atoms with Crippen molar-refractivity contribution < 1.29 is 28.7 Å². The van der Waals surface area contributed by atoms with Gasteiger partial charge < -0.3 is 25.6 Å². The molecule has 0 aromatic heterocycles. The van der Waals surface area contributed by atoms with Crippen LogP contribution < -0.4 is 16.0 Å². The first kappa shape index (κ1) is 29.7. The number of alkyl halides is 1. The van der Waals surface area contributed by atoms with Crippen LogP contribution in [0.1, 0.15) is 67.7 Å². The van der Waals surface area contributed by atoms with Crippen molar-refractivity contribution in [1.29, 1.82) is 0 Å². The van der Waals surface area contributed by atoms with Crippen molar-refractivity contribution in [2.24, 2.45) is 5.92 Å². The average Bonchev–Trinajstić information content (AvgIpc) is 3.19. The van der Waals surface area contributed by atoms with Crippen LogP contribution in [0.25, 0.3) is 0 Å². The second kappa shape index (κ2) is 12.9. The quantitative estimate of drug-likeness (QED) is 0.389. The monoisotopic (exact) mass is 502 g/mol. The Morgan fingerprint density at radius 2 is 1.62 bits per heavy atom. The van der Waals surface area contributed by atoms with E-state index >= 15 is 0 Å². The van der Waals surface area contributed by atoms with Gasteiger partial charge in [-0.05, 0) is 59.8 Å². The molecule has 0 radical (unpaired) electrons. The van der Waals surface area contributed by atoms with Crippen molar-refractivity contribution in [2.75, 3.05) is 12.4 Å². The van der Waals surface area contributed by atoms with E-state index < -0.39 is 53.6 Å². The van der Waals surface area contributed by atoms with Gasteiger partial charge in [-0.1, -0.05) is 13.8 Å². The molecule has 0 aromatic carbocycles. The Morgan fingerprint density at radius 1 is 1.00 bits per heavy atom. The summed E-state index contributed by atoms with van der Waals surface area (Å²) in [6.45, 7) is 12.4. The molecule has 4 atom stereocenters. The highest BCUT2D eigenvalue weighted by Crippen LogP contribution is 2.19. The standard InChI is InChI=1S/C23H39ClN4O6/c1-13(2)11-16(18(29)12-24)27-19(30)14(3)25-20(31)17-9-8-10-28(17)21(32)15(4)26-22(33)34-23(5,6)7/h13-17H,8-12H2,1-7H3,(H,25,31)(H,26,33)(H,27,30)/t14-,15+,16?,17?/m0/s1. The summed E-state index contributed by atoms with van der Waals surface area (Å²) in [5, 5.41) is 7.78. The number of nitrogens with zero attached hydrogens (tertiary/aromatic N) is 1. The van der Waals surface area contributed by atoms with Crippen LogP contribution >= 0.6 is 11.6 Å². The van der Waals surface area contributed by atoms with Gasteiger partial charge in [0.15, 0.2) is 5.78 Å². The summed E-state index contributed by atoms with van der Waals surface area (Å²) in [6, 6.07) is -3.29. The van der Waals surface area contributed by atoms with Gasteiger partial charge in [0.05, 0.1) is 11.9 Å². The predicted molar refractivity (Wildman–Crippen MR) is 128 cm³/mol. The van der Waals surface area contributed by atoms with E-state index in [1.807, 2.05) is 13.8 Å². The lowest BCUT2D eigenvalue weighted by Gasteiger charge is -2.29. The van der Waals surface area contributed by atoms with E-state index in [4.69, 9.17) is 16.3 Å². The van der Waals surface area contributed by atoms with E-state index in [-0.39, 0.29) is 17.6 Å². The zero-order valence-corrected chi connectivity index (χ0v) is 22.0. The fourth-order valence-corrected chi connectivity index (χ4v) is 3.79. The molecule has 1 aliphatic rings. The summed E-state index contributed by atoms with van der Waals surface area (Å²) in [5.74, 6) is -1.73. The molecule has 4 amide bonds. The molecule has 34 heavy (non-hydrogen) atoms. The van der Waals surface area contributed by atoms with Crippen LogP contribution in [-0.4, -0.2) is 76.7 Å². The van der Waals surface area contributed by atoms with Crippen molar-refractivity contribution in [3.8, 4) is 0 Å². The Hall–Kier alpha value is -2.36. The first-order valence-electron chi connectivity index (χ1n) is 11.7. The number of ketones is 1. The van der Waals surface area contributed by atoms with Crippen molar-refractivity contribution in [1.82, 2.24) is 20.9 Å².